The van der Waals surface area contributed by atoms with Gasteiger partial charge in [0, 0.05) is 25.5 Å². The highest BCUT2D eigenvalue weighted by atomic mass is 16.8. The predicted octanol–water partition coefficient (Wildman–Crippen LogP) is 3.35. The zero-order chi connectivity index (χ0) is 20.3. The lowest BCUT2D eigenvalue weighted by Crippen LogP contribution is -2.59. The lowest BCUT2D eigenvalue weighted by atomic mass is 10.1. The van der Waals surface area contributed by atoms with Gasteiger partial charge in [-0.1, -0.05) is 43.0 Å². The van der Waals surface area contributed by atoms with E-state index in [0.717, 1.165) is 23.8 Å². The van der Waals surface area contributed by atoms with E-state index >= 15 is 0 Å². The van der Waals surface area contributed by atoms with Crippen molar-refractivity contribution < 1.29 is 9.57 Å². The molecule has 3 rings (SSSR count). The summed E-state index contributed by atoms with van der Waals surface area (Å²) >= 11 is 0. The van der Waals surface area contributed by atoms with Crippen molar-refractivity contribution in [1.29, 1.82) is 0 Å². The van der Waals surface area contributed by atoms with Crippen molar-refractivity contribution in [3.63, 3.8) is 0 Å². The normalized spacial score (nSPS) is 25.9. The van der Waals surface area contributed by atoms with E-state index in [0.29, 0.717) is 0 Å². The molecule has 0 N–H and O–H groups in total. The Morgan fingerprint density at radius 1 is 1.43 bits per heavy atom. The Morgan fingerprint density at radius 2 is 2.21 bits per heavy atom. The number of nitroso groups, excluding NO2 is 1. The summed E-state index contributed by atoms with van der Waals surface area (Å²) in [6, 6.07) is 8.37. The third kappa shape index (κ3) is 4.10. The van der Waals surface area contributed by atoms with Gasteiger partial charge < -0.3 is 14.5 Å². The van der Waals surface area contributed by atoms with Crippen LogP contribution >= 0.6 is 0 Å². The van der Waals surface area contributed by atoms with E-state index in [1.807, 2.05) is 31.1 Å². The lowest BCUT2D eigenvalue weighted by Gasteiger charge is -2.40. The van der Waals surface area contributed by atoms with Crippen molar-refractivity contribution in [1.82, 2.24) is 15.0 Å². The van der Waals surface area contributed by atoms with E-state index < -0.39 is 0 Å². The number of hydrogen-bond donors (Lipinski definition) is 0. The largest absolute Gasteiger partial charge is 0.375 e. The summed E-state index contributed by atoms with van der Waals surface area (Å²) in [4.78, 5) is 20.1. The maximum Gasteiger partial charge on any atom is 0.165 e. The first-order valence-corrected chi connectivity index (χ1v) is 9.43. The maximum atomic E-state index is 10.7. The Labute approximate surface area is 166 Å². The van der Waals surface area contributed by atoms with Gasteiger partial charge in [0.2, 0.25) is 0 Å². The van der Waals surface area contributed by atoms with Crippen molar-refractivity contribution in [3.05, 3.63) is 77.6 Å². The zero-order valence-corrected chi connectivity index (χ0v) is 16.7. The molecule has 28 heavy (non-hydrogen) atoms. The molecule has 2 aliphatic rings. The number of aryl methyl sites for hydroxylation is 1. The van der Waals surface area contributed by atoms with Crippen LogP contribution in [0.5, 0.6) is 0 Å². The molecule has 2 aliphatic heterocycles. The average molecular weight is 384 g/mol. The number of ether oxygens (including phenoxy) is 1. The van der Waals surface area contributed by atoms with E-state index in [-0.39, 0.29) is 24.5 Å². The van der Waals surface area contributed by atoms with Gasteiger partial charge in [0.1, 0.15) is 6.04 Å². The Bertz CT molecular complexity index is 766. The number of likely N-dealkylation sites (N-methyl/N-ethyl adjacent to an activating group) is 1. The first kappa shape index (κ1) is 20.1. The maximum absolute atomic E-state index is 10.7. The van der Waals surface area contributed by atoms with Crippen LogP contribution in [0.1, 0.15) is 18.1 Å². The molecule has 0 bridgehead atoms. The topological polar surface area (TPSA) is 57.6 Å². The van der Waals surface area contributed by atoms with Crippen molar-refractivity contribution >= 4 is 0 Å². The molecule has 0 amide bonds. The highest BCUT2D eigenvalue weighted by Gasteiger charge is 2.58. The van der Waals surface area contributed by atoms with Gasteiger partial charge in [0.05, 0.1) is 11.4 Å². The fourth-order valence-corrected chi connectivity index (χ4v) is 3.54. The average Bonchev–Trinajstić information content (AvgIpc) is 2.90. The van der Waals surface area contributed by atoms with E-state index in [9.17, 15) is 4.91 Å². The minimum atomic E-state index is -0.350. The quantitative estimate of drug-likeness (QED) is 0.481. The molecule has 2 heterocycles. The van der Waals surface area contributed by atoms with Crippen molar-refractivity contribution in [2.75, 3.05) is 13.6 Å². The van der Waals surface area contributed by atoms with E-state index in [4.69, 9.17) is 9.57 Å². The van der Waals surface area contributed by atoms with Crippen molar-refractivity contribution in [3.8, 4) is 0 Å². The molecule has 150 valence electrons. The molecule has 0 aliphatic carbocycles. The second kappa shape index (κ2) is 8.58. The molecule has 4 atom stereocenters. The summed E-state index contributed by atoms with van der Waals surface area (Å²) in [6.07, 6.45) is 5.67. The summed E-state index contributed by atoms with van der Waals surface area (Å²) in [5, 5.41) is 3.92. The monoisotopic (exact) mass is 384 g/mol. The first-order chi connectivity index (χ1) is 13.4. The van der Waals surface area contributed by atoms with Crippen LogP contribution in [0.4, 0.5) is 0 Å². The molecular formula is C21H28N4O3. The van der Waals surface area contributed by atoms with Gasteiger partial charge in [0.15, 0.2) is 12.3 Å². The molecule has 2 saturated heterocycles. The number of allylic oxidation sites excluding steroid dienone is 1. The fourth-order valence-electron chi connectivity index (χ4n) is 3.54. The number of hydrogen-bond acceptors (Lipinski definition) is 6. The van der Waals surface area contributed by atoms with Crippen LogP contribution < -0.4 is 0 Å². The minimum Gasteiger partial charge on any atom is -0.375 e. The standard InChI is InChI=1S/C21H28N4O3/c1-6-24(21-20-19(17(4)27-21)25(22-26)28-20)13-10-16(3)23(5)12-11-18-9-7-8-15(2)14-18/h6-10,13-14,17,19-21H,1,3,11-12H2,2,4-5H3/b13-10-. The summed E-state index contributed by atoms with van der Waals surface area (Å²) in [5.41, 5.74) is 3.46. The van der Waals surface area contributed by atoms with Gasteiger partial charge in [-0.2, -0.15) is 0 Å². The van der Waals surface area contributed by atoms with Crippen LogP contribution in [0.25, 0.3) is 0 Å². The van der Waals surface area contributed by atoms with Gasteiger partial charge in [-0.05, 0) is 38.1 Å². The Hall–Kier alpha value is -2.64. The highest BCUT2D eigenvalue weighted by Crippen LogP contribution is 2.38. The molecule has 0 saturated carbocycles. The van der Waals surface area contributed by atoms with Gasteiger partial charge in [-0.15, -0.1) is 10.1 Å². The molecule has 1 aromatic carbocycles. The summed E-state index contributed by atoms with van der Waals surface area (Å²) in [7, 11) is 2.02. The molecule has 7 nitrogen and oxygen atoms in total. The molecule has 2 fully saturated rings. The number of rotatable bonds is 9. The number of hydroxylamine groups is 1. The van der Waals surface area contributed by atoms with Crippen LogP contribution in [0.3, 0.4) is 0 Å². The summed E-state index contributed by atoms with van der Waals surface area (Å²) in [6.45, 7) is 12.9. The Kier molecular flexibility index (Phi) is 6.16. The molecule has 7 heteroatoms. The van der Waals surface area contributed by atoms with Crippen LogP contribution in [0, 0.1) is 11.8 Å². The third-order valence-electron chi connectivity index (χ3n) is 5.27. The van der Waals surface area contributed by atoms with E-state index in [1.54, 1.807) is 6.20 Å². The molecule has 0 aromatic heterocycles. The molecule has 0 radical (unpaired) electrons. The summed E-state index contributed by atoms with van der Waals surface area (Å²) in [5.74, 6) is 0. The smallest absolute Gasteiger partial charge is 0.165 e. The number of benzene rings is 1. The minimum absolute atomic E-state index is 0.155. The second-order valence-electron chi connectivity index (χ2n) is 7.27. The Morgan fingerprint density at radius 3 is 2.89 bits per heavy atom. The van der Waals surface area contributed by atoms with E-state index in [1.165, 1.54) is 11.1 Å². The SMILES string of the molecule is C=CN(/C=C\C(=C)N(C)CCc1cccc(C)c1)C1OC(C)C2C1ON2N=O. The van der Waals surface area contributed by atoms with Gasteiger partial charge in [-0.3, -0.25) is 0 Å². The molecule has 1 aromatic rings. The zero-order valence-electron chi connectivity index (χ0n) is 16.7. The predicted molar refractivity (Wildman–Crippen MR) is 108 cm³/mol. The van der Waals surface area contributed by atoms with Crippen LogP contribution in [0.15, 0.2) is 66.9 Å². The highest BCUT2D eigenvalue weighted by molar-refractivity contribution is 5.23. The van der Waals surface area contributed by atoms with Crippen molar-refractivity contribution in [2.45, 2.75) is 44.7 Å². The Balaban J connectivity index is 1.54. The fraction of sp³-hybridized carbons (Fsp3) is 0.429. The number of fused-ring (bicyclic) bond motifs is 1. The lowest BCUT2D eigenvalue weighted by molar-refractivity contribution is -0.338. The third-order valence-corrected chi connectivity index (χ3v) is 5.27. The van der Waals surface area contributed by atoms with Gasteiger partial charge in [-0.25, -0.2) is 4.84 Å². The molecule has 0 spiro atoms. The van der Waals surface area contributed by atoms with Crippen LogP contribution in [-0.2, 0) is 16.0 Å². The van der Waals surface area contributed by atoms with Crippen LogP contribution in [-0.4, -0.2) is 53.0 Å². The van der Waals surface area contributed by atoms with Crippen molar-refractivity contribution in [2.24, 2.45) is 5.29 Å². The molecular weight excluding hydrogens is 356 g/mol. The summed E-state index contributed by atoms with van der Waals surface area (Å²) < 4.78 is 5.94. The van der Waals surface area contributed by atoms with Gasteiger partial charge in [0.25, 0.3) is 0 Å². The van der Waals surface area contributed by atoms with E-state index in [2.05, 4.69) is 54.5 Å². The van der Waals surface area contributed by atoms with Gasteiger partial charge >= 0.3 is 0 Å². The number of nitrogens with zero attached hydrogens (tertiary/aromatic N) is 4. The van der Waals surface area contributed by atoms with Crippen LogP contribution in [0.2, 0.25) is 0 Å². The second-order valence-corrected chi connectivity index (χ2v) is 7.27. The first-order valence-electron chi connectivity index (χ1n) is 9.43. The molecule has 4 unspecified atom stereocenters.